The minimum Gasteiger partial charge on any atom is -0.478 e. The first kappa shape index (κ1) is 14.8. The molecule has 0 aromatic heterocycles. The molecule has 108 valence electrons. The molecular formula is C17H17NO3. The van der Waals surface area contributed by atoms with Gasteiger partial charge in [0.15, 0.2) is 0 Å². The highest BCUT2D eigenvalue weighted by Crippen LogP contribution is 2.23. The van der Waals surface area contributed by atoms with Crippen molar-refractivity contribution in [2.45, 2.75) is 20.8 Å². The smallest absolute Gasteiger partial charge is 0.336 e. The predicted molar refractivity (Wildman–Crippen MR) is 82.0 cm³/mol. The van der Waals surface area contributed by atoms with Crippen LogP contribution in [0.4, 0.5) is 5.69 Å². The lowest BCUT2D eigenvalue weighted by molar-refractivity contribution is 0.0692. The van der Waals surface area contributed by atoms with E-state index in [1.54, 1.807) is 12.1 Å². The van der Waals surface area contributed by atoms with Crippen molar-refractivity contribution in [2.24, 2.45) is 0 Å². The van der Waals surface area contributed by atoms with Gasteiger partial charge in [0, 0.05) is 5.69 Å². The molecule has 0 fully saturated rings. The van der Waals surface area contributed by atoms with Crippen LogP contribution in [0.15, 0.2) is 36.4 Å². The van der Waals surface area contributed by atoms with Crippen LogP contribution in [0.25, 0.3) is 0 Å². The van der Waals surface area contributed by atoms with Crippen molar-refractivity contribution in [2.75, 3.05) is 5.32 Å². The number of aryl methyl sites for hydroxylation is 3. The third-order valence-corrected chi connectivity index (χ3v) is 3.32. The van der Waals surface area contributed by atoms with Gasteiger partial charge in [0.1, 0.15) is 0 Å². The molecule has 4 heteroatoms. The number of carboxylic acid groups (broad SMARTS) is 1. The third-order valence-electron chi connectivity index (χ3n) is 3.32. The summed E-state index contributed by atoms with van der Waals surface area (Å²) in [5.74, 6) is -1.53. The number of carboxylic acids is 1. The number of hydrogen-bond donors (Lipinski definition) is 2. The van der Waals surface area contributed by atoms with Crippen LogP contribution in [0.5, 0.6) is 0 Å². The normalized spacial score (nSPS) is 10.2. The second-order valence-electron chi connectivity index (χ2n) is 5.08. The maximum atomic E-state index is 12.4. The Morgan fingerprint density at radius 3 is 2.00 bits per heavy atom. The molecule has 0 spiro atoms. The molecule has 0 atom stereocenters. The number of aromatic carboxylic acids is 1. The Bertz CT molecular complexity index is 697. The van der Waals surface area contributed by atoms with Crippen molar-refractivity contribution < 1.29 is 14.7 Å². The van der Waals surface area contributed by atoms with Crippen molar-refractivity contribution in [1.82, 2.24) is 0 Å². The van der Waals surface area contributed by atoms with Gasteiger partial charge in [-0.3, -0.25) is 4.79 Å². The van der Waals surface area contributed by atoms with E-state index in [0.717, 1.165) is 22.4 Å². The monoisotopic (exact) mass is 283 g/mol. The quantitative estimate of drug-likeness (QED) is 0.905. The molecule has 0 aliphatic rings. The summed E-state index contributed by atoms with van der Waals surface area (Å²) < 4.78 is 0. The van der Waals surface area contributed by atoms with Gasteiger partial charge >= 0.3 is 5.97 Å². The van der Waals surface area contributed by atoms with Crippen molar-refractivity contribution in [3.8, 4) is 0 Å². The number of benzene rings is 2. The van der Waals surface area contributed by atoms with Crippen LogP contribution in [-0.2, 0) is 0 Å². The second-order valence-corrected chi connectivity index (χ2v) is 5.08. The lowest BCUT2D eigenvalue weighted by Crippen LogP contribution is -2.17. The van der Waals surface area contributed by atoms with Crippen molar-refractivity contribution in [3.63, 3.8) is 0 Å². The van der Waals surface area contributed by atoms with Crippen LogP contribution in [0.3, 0.4) is 0 Å². The van der Waals surface area contributed by atoms with Gasteiger partial charge in [-0.15, -0.1) is 0 Å². The summed E-state index contributed by atoms with van der Waals surface area (Å²) >= 11 is 0. The molecular weight excluding hydrogens is 266 g/mol. The van der Waals surface area contributed by atoms with Gasteiger partial charge in [0.2, 0.25) is 0 Å². The van der Waals surface area contributed by atoms with E-state index in [-0.39, 0.29) is 11.1 Å². The molecule has 2 N–H and O–H groups in total. The first-order valence-corrected chi connectivity index (χ1v) is 6.61. The summed E-state index contributed by atoms with van der Waals surface area (Å²) in [6.45, 7) is 5.82. The Labute approximate surface area is 123 Å². The lowest BCUT2D eigenvalue weighted by Gasteiger charge is -2.13. The molecule has 4 nitrogen and oxygen atoms in total. The molecule has 0 saturated carbocycles. The molecule has 0 heterocycles. The van der Waals surface area contributed by atoms with Crippen molar-refractivity contribution in [1.29, 1.82) is 0 Å². The van der Waals surface area contributed by atoms with Crippen molar-refractivity contribution in [3.05, 3.63) is 64.2 Å². The SMILES string of the molecule is Cc1cc(C)c(NC(=O)c2ccccc2C(=O)O)c(C)c1. The topological polar surface area (TPSA) is 66.4 Å². The zero-order valence-corrected chi connectivity index (χ0v) is 12.2. The molecule has 0 aliphatic carbocycles. The van der Waals surface area contributed by atoms with E-state index >= 15 is 0 Å². The van der Waals surface area contributed by atoms with Crippen LogP contribution in [-0.4, -0.2) is 17.0 Å². The molecule has 2 aromatic rings. The van der Waals surface area contributed by atoms with Gasteiger partial charge in [-0.1, -0.05) is 29.8 Å². The number of carbonyl (C=O) groups is 2. The van der Waals surface area contributed by atoms with Gasteiger partial charge in [-0.05, 0) is 44.0 Å². The van der Waals surface area contributed by atoms with Gasteiger partial charge < -0.3 is 10.4 Å². The molecule has 0 radical (unpaired) electrons. The Hall–Kier alpha value is -2.62. The largest absolute Gasteiger partial charge is 0.478 e. The second kappa shape index (κ2) is 5.79. The molecule has 0 aliphatic heterocycles. The Morgan fingerprint density at radius 1 is 0.952 bits per heavy atom. The van der Waals surface area contributed by atoms with E-state index < -0.39 is 11.9 Å². The minimum absolute atomic E-state index is 0.00239. The zero-order valence-electron chi connectivity index (χ0n) is 12.2. The maximum absolute atomic E-state index is 12.4. The van der Waals surface area contributed by atoms with Crippen LogP contribution >= 0.6 is 0 Å². The average Bonchev–Trinajstić information content (AvgIpc) is 2.42. The summed E-state index contributed by atoms with van der Waals surface area (Å²) in [5.41, 5.74) is 3.91. The number of carbonyl (C=O) groups excluding carboxylic acids is 1. The highest BCUT2D eigenvalue weighted by atomic mass is 16.4. The van der Waals surface area contributed by atoms with E-state index in [1.165, 1.54) is 12.1 Å². The Balaban J connectivity index is 2.38. The highest BCUT2D eigenvalue weighted by molar-refractivity contribution is 6.11. The van der Waals surface area contributed by atoms with Crippen LogP contribution in [0.2, 0.25) is 0 Å². The molecule has 2 rings (SSSR count). The number of nitrogens with one attached hydrogen (secondary N) is 1. The summed E-state index contributed by atoms with van der Waals surface area (Å²) in [6, 6.07) is 10.1. The van der Waals surface area contributed by atoms with Crippen LogP contribution < -0.4 is 5.32 Å². The van der Waals surface area contributed by atoms with Gasteiger partial charge in [-0.2, -0.15) is 0 Å². The Kier molecular flexibility index (Phi) is 4.08. The molecule has 21 heavy (non-hydrogen) atoms. The molecule has 2 aromatic carbocycles. The minimum atomic E-state index is -1.11. The number of rotatable bonds is 3. The van der Waals surface area contributed by atoms with Gasteiger partial charge in [0.25, 0.3) is 5.91 Å². The lowest BCUT2D eigenvalue weighted by atomic mass is 10.0. The highest BCUT2D eigenvalue weighted by Gasteiger charge is 2.17. The average molecular weight is 283 g/mol. The third kappa shape index (κ3) is 3.11. The number of hydrogen-bond acceptors (Lipinski definition) is 2. The van der Waals surface area contributed by atoms with E-state index in [9.17, 15) is 9.59 Å². The van der Waals surface area contributed by atoms with Gasteiger partial charge in [0.05, 0.1) is 11.1 Å². The molecule has 0 bridgehead atoms. The van der Waals surface area contributed by atoms with E-state index in [2.05, 4.69) is 5.32 Å². The van der Waals surface area contributed by atoms with Gasteiger partial charge in [-0.25, -0.2) is 4.79 Å². The summed E-state index contributed by atoms with van der Waals surface area (Å²) in [5, 5.41) is 12.0. The Morgan fingerprint density at radius 2 is 1.48 bits per heavy atom. The molecule has 0 unspecified atom stereocenters. The summed E-state index contributed by atoms with van der Waals surface area (Å²) in [4.78, 5) is 23.5. The summed E-state index contributed by atoms with van der Waals surface area (Å²) in [7, 11) is 0. The fourth-order valence-corrected chi connectivity index (χ4v) is 2.43. The van der Waals surface area contributed by atoms with Crippen LogP contribution in [0.1, 0.15) is 37.4 Å². The fourth-order valence-electron chi connectivity index (χ4n) is 2.43. The number of anilines is 1. The molecule has 0 saturated heterocycles. The van der Waals surface area contributed by atoms with E-state index in [4.69, 9.17) is 5.11 Å². The first-order chi connectivity index (χ1) is 9.90. The maximum Gasteiger partial charge on any atom is 0.336 e. The first-order valence-electron chi connectivity index (χ1n) is 6.61. The zero-order chi connectivity index (χ0) is 15.6. The van der Waals surface area contributed by atoms with Crippen molar-refractivity contribution >= 4 is 17.6 Å². The molecule has 1 amide bonds. The van der Waals surface area contributed by atoms with Crippen LogP contribution in [0, 0.1) is 20.8 Å². The summed E-state index contributed by atoms with van der Waals surface area (Å²) in [6.07, 6.45) is 0. The van der Waals surface area contributed by atoms with E-state index in [1.807, 2.05) is 32.9 Å². The predicted octanol–water partition coefficient (Wildman–Crippen LogP) is 3.56. The fraction of sp³-hybridized carbons (Fsp3) is 0.176. The number of amides is 1. The standard InChI is InChI=1S/C17H17NO3/c1-10-8-11(2)15(12(3)9-10)18-16(19)13-6-4-5-7-14(13)17(20)21/h4-9H,1-3H3,(H,18,19)(H,20,21). The van der Waals surface area contributed by atoms with E-state index in [0.29, 0.717) is 0 Å².